The first-order valence-corrected chi connectivity index (χ1v) is 10.00. The number of carbonyl (C=O) groups is 3. The van der Waals surface area contributed by atoms with Crippen LogP contribution in [0.25, 0.3) is 0 Å². The Morgan fingerprint density at radius 1 is 1.10 bits per heavy atom. The van der Waals surface area contributed by atoms with E-state index in [1.807, 2.05) is 38.1 Å². The van der Waals surface area contributed by atoms with Crippen LogP contribution in [-0.4, -0.2) is 29.1 Å². The van der Waals surface area contributed by atoms with E-state index in [0.29, 0.717) is 24.4 Å². The van der Waals surface area contributed by atoms with Gasteiger partial charge in [-0.2, -0.15) is 0 Å². The summed E-state index contributed by atoms with van der Waals surface area (Å²) in [6.07, 6.45) is 1.12. The molecule has 1 heterocycles. The Hall–Kier alpha value is -2.91. The molecular formula is C20H26N4O4S. The molecule has 2 aromatic rings. The van der Waals surface area contributed by atoms with Gasteiger partial charge in [0, 0.05) is 17.8 Å². The standard InChI is InChI=1S/C20H26N4O4S/c1-11(2)7-16(19(26)27)23-10-13-5-3-12(4-6-13)8-14-9-15(17(21)25)18(29-14)24-20(22)28/h3-6,9,11,16,23H,7-8,10H2,1-2H3,(H2,21,25)(H,26,27)(H3,22,24,28). The van der Waals surface area contributed by atoms with Gasteiger partial charge in [-0.05, 0) is 29.5 Å². The Bertz CT molecular complexity index is 877. The SMILES string of the molecule is CC(C)CC(NCc1ccc(Cc2cc(C(N)=O)c(NC(N)=O)s2)cc1)C(=O)O. The van der Waals surface area contributed by atoms with E-state index < -0.39 is 23.9 Å². The molecule has 1 atom stereocenters. The molecule has 0 saturated carbocycles. The van der Waals surface area contributed by atoms with Crippen LogP contribution in [0.3, 0.4) is 0 Å². The molecule has 3 amide bonds. The summed E-state index contributed by atoms with van der Waals surface area (Å²) in [7, 11) is 0. The molecule has 0 bridgehead atoms. The number of nitrogens with two attached hydrogens (primary N) is 2. The number of hydrogen-bond donors (Lipinski definition) is 5. The van der Waals surface area contributed by atoms with Gasteiger partial charge in [0.05, 0.1) is 5.56 Å². The van der Waals surface area contributed by atoms with Crippen LogP contribution in [0.2, 0.25) is 0 Å². The number of benzene rings is 1. The van der Waals surface area contributed by atoms with Crippen molar-refractivity contribution in [2.24, 2.45) is 17.4 Å². The lowest BCUT2D eigenvalue weighted by atomic mass is 10.0. The fourth-order valence-corrected chi connectivity index (χ4v) is 3.98. The van der Waals surface area contributed by atoms with Crippen molar-refractivity contribution in [2.45, 2.75) is 39.3 Å². The van der Waals surface area contributed by atoms with Gasteiger partial charge in [-0.25, -0.2) is 4.79 Å². The topological polar surface area (TPSA) is 148 Å². The zero-order chi connectivity index (χ0) is 21.6. The maximum absolute atomic E-state index is 11.5. The molecule has 0 saturated heterocycles. The van der Waals surface area contributed by atoms with E-state index in [4.69, 9.17) is 11.5 Å². The average Bonchev–Trinajstić information content (AvgIpc) is 3.01. The van der Waals surface area contributed by atoms with E-state index in [1.54, 1.807) is 6.07 Å². The van der Waals surface area contributed by atoms with Gasteiger partial charge in [-0.1, -0.05) is 38.1 Å². The Labute approximate surface area is 173 Å². The van der Waals surface area contributed by atoms with Crippen molar-refractivity contribution in [1.29, 1.82) is 0 Å². The normalized spacial score (nSPS) is 12.0. The molecular weight excluding hydrogens is 392 g/mol. The van der Waals surface area contributed by atoms with Crippen LogP contribution in [0.4, 0.5) is 9.80 Å². The molecule has 156 valence electrons. The number of aliphatic carboxylic acids is 1. The number of anilines is 1. The summed E-state index contributed by atoms with van der Waals surface area (Å²) in [6.45, 7) is 4.44. The number of carboxylic acids is 1. The lowest BCUT2D eigenvalue weighted by molar-refractivity contribution is -0.140. The molecule has 0 aliphatic heterocycles. The lowest BCUT2D eigenvalue weighted by Gasteiger charge is -2.16. The van der Waals surface area contributed by atoms with Crippen molar-refractivity contribution in [3.05, 3.63) is 51.9 Å². The Morgan fingerprint density at radius 2 is 1.72 bits per heavy atom. The molecule has 2 rings (SSSR count). The molecule has 1 unspecified atom stereocenters. The number of urea groups is 1. The smallest absolute Gasteiger partial charge is 0.320 e. The van der Waals surface area contributed by atoms with Gasteiger partial charge < -0.3 is 21.9 Å². The molecule has 9 heteroatoms. The summed E-state index contributed by atoms with van der Waals surface area (Å²) in [4.78, 5) is 34.8. The molecule has 0 radical (unpaired) electrons. The van der Waals surface area contributed by atoms with Crippen molar-refractivity contribution < 1.29 is 19.5 Å². The summed E-state index contributed by atoms with van der Waals surface area (Å²) in [5, 5.41) is 15.1. The summed E-state index contributed by atoms with van der Waals surface area (Å²) >= 11 is 1.25. The van der Waals surface area contributed by atoms with Crippen molar-refractivity contribution >= 4 is 34.2 Å². The highest BCUT2D eigenvalue weighted by Crippen LogP contribution is 2.29. The molecule has 7 N–H and O–H groups in total. The van der Waals surface area contributed by atoms with E-state index in [0.717, 1.165) is 16.0 Å². The predicted octanol–water partition coefficient (Wildman–Crippen LogP) is 2.52. The molecule has 8 nitrogen and oxygen atoms in total. The minimum absolute atomic E-state index is 0.231. The van der Waals surface area contributed by atoms with E-state index in [-0.39, 0.29) is 11.5 Å². The maximum atomic E-state index is 11.5. The summed E-state index contributed by atoms with van der Waals surface area (Å²) in [6, 6.07) is 8.07. The van der Waals surface area contributed by atoms with Gasteiger partial charge in [-0.15, -0.1) is 11.3 Å². The minimum atomic E-state index is -0.848. The Morgan fingerprint density at radius 3 is 2.24 bits per heavy atom. The molecule has 0 aliphatic carbocycles. The van der Waals surface area contributed by atoms with Crippen LogP contribution in [-0.2, 0) is 17.8 Å². The van der Waals surface area contributed by atoms with Crippen LogP contribution >= 0.6 is 11.3 Å². The van der Waals surface area contributed by atoms with E-state index in [9.17, 15) is 19.5 Å². The predicted molar refractivity (Wildman–Crippen MR) is 113 cm³/mol. The van der Waals surface area contributed by atoms with Crippen molar-refractivity contribution in [1.82, 2.24) is 5.32 Å². The number of nitrogens with one attached hydrogen (secondary N) is 2. The molecule has 0 fully saturated rings. The fourth-order valence-electron chi connectivity index (χ4n) is 2.88. The van der Waals surface area contributed by atoms with E-state index >= 15 is 0 Å². The number of carboxylic acid groups (broad SMARTS) is 1. The lowest BCUT2D eigenvalue weighted by Crippen LogP contribution is -2.37. The second kappa shape index (κ2) is 10.0. The minimum Gasteiger partial charge on any atom is -0.480 e. The van der Waals surface area contributed by atoms with Gasteiger partial charge in [0.15, 0.2) is 0 Å². The third-order valence-corrected chi connectivity index (χ3v) is 5.29. The van der Waals surface area contributed by atoms with Gasteiger partial charge in [0.1, 0.15) is 11.0 Å². The third kappa shape index (κ3) is 6.88. The largest absolute Gasteiger partial charge is 0.480 e. The Kier molecular flexibility index (Phi) is 7.74. The molecule has 1 aromatic carbocycles. The molecule has 0 spiro atoms. The third-order valence-electron chi connectivity index (χ3n) is 4.24. The van der Waals surface area contributed by atoms with Crippen LogP contribution < -0.4 is 22.1 Å². The monoisotopic (exact) mass is 418 g/mol. The first kappa shape index (κ1) is 22.4. The van der Waals surface area contributed by atoms with E-state index in [1.165, 1.54) is 11.3 Å². The summed E-state index contributed by atoms with van der Waals surface area (Å²) in [5.41, 5.74) is 12.7. The summed E-state index contributed by atoms with van der Waals surface area (Å²) < 4.78 is 0. The molecule has 29 heavy (non-hydrogen) atoms. The number of primary amides is 2. The first-order chi connectivity index (χ1) is 13.7. The summed E-state index contributed by atoms with van der Waals surface area (Å²) in [5.74, 6) is -1.19. The second-order valence-corrected chi connectivity index (χ2v) is 8.34. The fraction of sp³-hybridized carbons (Fsp3) is 0.350. The Balaban J connectivity index is 2.03. The number of thiophene rings is 1. The molecule has 0 aliphatic rings. The van der Waals surface area contributed by atoms with E-state index in [2.05, 4.69) is 10.6 Å². The average molecular weight is 419 g/mol. The van der Waals surface area contributed by atoms with Gasteiger partial charge >= 0.3 is 12.0 Å². The van der Waals surface area contributed by atoms with Crippen molar-refractivity contribution in [2.75, 3.05) is 5.32 Å². The number of carbonyl (C=O) groups excluding carboxylic acids is 2. The molecule has 1 aromatic heterocycles. The highest BCUT2D eigenvalue weighted by atomic mass is 32.1. The zero-order valence-corrected chi connectivity index (χ0v) is 17.2. The number of amides is 3. The van der Waals surface area contributed by atoms with Crippen LogP contribution in [0.15, 0.2) is 30.3 Å². The van der Waals surface area contributed by atoms with Crippen molar-refractivity contribution in [3.8, 4) is 0 Å². The maximum Gasteiger partial charge on any atom is 0.320 e. The first-order valence-electron chi connectivity index (χ1n) is 9.18. The van der Waals surface area contributed by atoms with Crippen LogP contribution in [0.5, 0.6) is 0 Å². The quantitative estimate of drug-likeness (QED) is 0.402. The number of hydrogen-bond acceptors (Lipinski definition) is 5. The second-order valence-electron chi connectivity index (χ2n) is 7.20. The van der Waals surface area contributed by atoms with Gasteiger partial charge in [0.25, 0.3) is 5.91 Å². The highest BCUT2D eigenvalue weighted by Gasteiger charge is 2.18. The van der Waals surface area contributed by atoms with Gasteiger partial charge in [0.2, 0.25) is 0 Å². The van der Waals surface area contributed by atoms with Gasteiger partial charge in [-0.3, -0.25) is 14.9 Å². The number of rotatable bonds is 10. The van der Waals surface area contributed by atoms with Crippen molar-refractivity contribution in [3.63, 3.8) is 0 Å². The van der Waals surface area contributed by atoms with Crippen LogP contribution in [0.1, 0.15) is 46.6 Å². The van der Waals surface area contributed by atoms with Crippen LogP contribution in [0, 0.1) is 5.92 Å². The highest BCUT2D eigenvalue weighted by molar-refractivity contribution is 7.16. The zero-order valence-electron chi connectivity index (χ0n) is 16.4.